The second-order valence-corrected chi connectivity index (χ2v) is 5.68. The summed E-state index contributed by atoms with van der Waals surface area (Å²) in [7, 11) is 4.01. The number of aromatic nitrogens is 1. The summed E-state index contributed by atoms with van der Waals surface area (Å²) >= 11 is 1.65. The van der Waals surface area contributed by atoms with Gasteiger partial charge in [-0.1, -0.05) is 19.8 Å². The molecule has 0 fully saturated rings. The number of hydrogen-bond donors (Lipinski definition) is 2. The lowest BCUT2D eigenvalue weighted by Crippen LogP contribution is -2.37. The van der Waals surface area contributed by atoms with Crippen molar-refractivity contribution < 1.29 is 0 Å². The molecule has 0 aromatic carbocycles. The fraction of sp³-hybridized carbons (Fsp3) is 0.714. The highest BCUT2D eigenvalue weighted by molar-refractivity contribution is 14.0. The third-order valence-electron chi connectivity index (χ3n) is 2.74. The molecule has 0 bridgehead atoms. The van der Waals surface area contributed by atoms with Crippen LogP contribution in [0.15, 0.2) is 10.4 Å². The van der Waals surface area contributed by atoms with Crippen molar-refractivity contribution in [3.63, 3.8) is 0 Å². The topological polar surface area (TPSA) is 52.6 Å². The first-order chi connectivity index (χ1) is 9.67. The molecule has 7 heteroatoms. The summed E-state index contributed by atoms with van der Waals surface area (Å²) in [6.07, 6.45) is 3.68. The fourth-order valence-corrected chi connectivity index (χ4v) is 2.41. The van der Waals surface area contributed by atoms with Gasteiger partial charge in [-0.15, -0.1) is 35.3 Å². The Morgan fingerprint density at radius 1 is 1.29 bits per heavy atom. The van der Waals surface area contributed by atoms with Gasteiger partial charge in [0.2, 0.25) is 0 Å². The van der Waals surface area contributed by atoms with Crippen LogP contribution in [0.3, 0.4) is 0 Å². The molecule has 0 amide bonds. The first kappa shape index (κ1) is 20.4. The van der Waals surface area contributed by atoms with Gasteiger partial charge in [-0.2, -0.15) is 0 Å². The van der Waals surface area contributed by atoms with Crippen molar-refractivity contribution in [2.45, 2.75) is 39.7 Å². The minimum atomic E-state index is 0. The molecule has 1 heterocycles. The molecule has 2 N–H and O–H groups in total. The Morgan fingerprint density at radius 2 is 2.05 bits per heavy atom. The molecule has 1 rings (SSSR count). The lowest BCUT2D eigenvalue weighted by Gasteiger charge is -2.10. The second kappa shape index (κ2) is 12.0. The SMILES string of the molecule is CCCCCNC(=NCc1csc(N(C)C)n1)NCC.I. The van der Waals surface area contributed by atoms with Crippen molar-refractivity contribution in [2.24, 2.45) is 4.99 Å². The van der Waals surface area contributed by atoms with Crippen molar-refractivity contribution >= 4 is 46.4 Å². The molecular weight excluding hydrogens is 397 g/mol. The maximum atomic E-state index is 4.57. The zero-order valence-corrected chi connectivity index (χ0v) is 16.6. The summed E-state index contributed by atoms with van der Waals surface area (Å²) in [4.78, 5) is 11.1. The van der Waals surface area contributed by atoms with E-state index in [0.717, 1.165) is 29.9 Å². The summed E-state index contributed by atoms with van der Waals surface area (Å²) in [5, 5.41) is 9.72. The minimum Gasteiger partial charge on any atom is -0.357 e. The number of guanidine groups is 1. The molecule has 1 aromatic rings. The predicted octanol–water partition coefficient (Wildman–Crippen LogP) is 3.07. The summed E-state index contributed by atoms with van der Waals surface area (Å²) in [5.41, 5.74) is 1.02. The molecule has 5 nitrogen and oxygen atoms in total. The van der Waals surface area contributed by atoms with Gasteiger partial charge in [0.1, 0.15) is 0 Å². The van der Waals surface area contributed by atoms with Gasteiger partial charge < -0.3 is 15.5 Å². The molecule has 0 aliphatic heterocycles. The van der Waals surface area contributed by atoms with Gasteiger partial charge in [-0.25, -0.2) is 9.98 Å². The summed E-state index contributed by atoms with van der Waals surface area (Å²) in [6.45, 7) is 6.76. The van der Waals surface area contributed by atoms with Crippen LogP contribution in [0, 0.1) is 0 Å². The zero-order chi connectivity index (χ0) is 14.8. The Bertz CT molecular complexity index is 406. The molecule has 21 heavy (non-hydrogen) atoms. The molecule has 0 aliphatic carbocycles. The number of unbranched alkanes of at least 4 members (excludes halogenated alkanes) is 2. The average molecular weight is 425 g/mol. The van der Waals surface area contributed by atoms with Crippen molar-refractivity contribution in [2.75, 3.05) is 32.1 Å². The van der Waals surface area contributed by atoms with Crippen molar-refractivity contribution in [3.05, 3.63) is 11.1 Å². The van der Waals surface area contributed by atoms with Crippen LogP contribution >= 0.6 is 35.3 Å². The van der Waals surface area contributed by atoms with E-state index in [1.807, 2.05) is 19.0 Å². The van der Waals surface area contributed by atoms with Gasteiger partial charge in [0.05, 0.1) is 12.2 Å². The highest BCUT2D eigenvalue weighted by atomic mass is 127. The predicted molar refractivity (Wildman–Crippen MR) is 104 cm³/mol. The molecular formula is C14H28IN5S. The van der Waals surface area contributed by atoms with E-state index in [0.29, 0.717) is 6.54 Å². The zero-order valence-electron chi connectivity index (χ0n) is 13.5. The summed E-state index contributed by atoms with van der Waals surface area (Å²) in [5.74, 6) is 0.878. The number of nitrogens with zero attached hydrogens (tertiary/aromatic N) is 3. The van der Waals surface area contributed by atoms with Gasteiger partial charge in [-0.3, -0.25) is 0 Å². The van der Waals surface area contributed by atoms with Crippen LogP contribution in [-0.4, -0.2) is 38.1 Å². The van der Waals surface area contributed by atoms with Crippen LogP contribution < -0.4 is 15.5 Å². The Kier molecular flexibility index (Phi) is 11.7. The highest BCUT2D eigenvalue weighted by Gasteiger charge is 2.03. The van der Waals surface area contributed by atoms with E-state index in [9.17, 15) is 0 Å². The van der Waals surface area contributed by atoms with Crippen LogP contribution in [0.5, 0.6) is 0 Å². The second-order valence-electron chi connectivity index (χ2n) is 4.84. The number of thiazole rings is 1. The van der Waals surface area contributed by atoms with E-state index in [-0.39, 0.29) is 24.0 Å². The monoisotopic (exact) mass is 425 g/mol. The molecule has 0 radical (unpaired) electrons. The Morgan fingerprint density at radius 3 is 2.62 bits per heavy atom. The van der Waals surface area contributed by atoms with E-state index in [4.69, 9.17) is 0 Å². The van der Waals surface area contributed by atoms with Gasteiger partial charge >= 0.3 is 0 Å². The highest BCUT2D eigenvalue weighted by Crippen LogP contribution is 2.18. The lowest BCUT2D eigenvalue weighted by atomic mass is 10.2. The van der Waals surface area contributed by atoms with E-state index in [2.05, 4.69) is 39.8 Å². The first-order valence-electron chi connectivity index (χ1n) is 7.31. The Labute approximate surface area is 149 Å². The Hall–Kier alpha value is -0.570. The minimum absolute atomic E-state index is 0. The molecule has 0 aliphatic rings. The molecule has 1 aromatic heterocycles. The molecule has 0 spiro atoms. The smallest absolute Gasteiger partial charge is 0.191 e. The van der Waals surface area contributed by atoms with Gasteiger partial charge in [0.25, 0.3) is 0 Å². The largest absolute Gasteiger partial charge is 0.357 e. The third-order valence-corrected chi connectivity index (χ3v) is 3.80. The first-order valence-corrected chi connectivity index (χ1v) is 8.19. The quantitative estimate of drug-likeness (QED) is 0.291. The average Bonchev–Trinajstić information content (AvgIpc) is 2.90. The van der Waals surface area contributed by atoms with Crippen molar-refractivity contribution in [1.29, 1.82) is 0 Å². The van der Waals surface area contributed by atoms with Gasteiger partial charge in [-0.05, 0) is 13.3 Å². The summed E-state index contributed by atoms with van der Waals surface area (Å²) in [6, 6.07) is 0. The number of aliphatic imine (C=N–C) groups is 1. The normalized spacial score (nSPS) is 11.0. The maximum absolute atomic E-state index is 4.57. The number of rotatable bonds is 8. The molecule has 0 saturated carbocycles. The fourth-order valence-electron chi connectivity index (χ4n) is 1.66. The van der Waals surface area contributed by atoms with E-state index >= 15 is 0 Å². The number of hydrogen-bond acceptors (Lipinski definition) is 4. The number of anilines is 1. The van der Waals surface area contributed by atoms with Crippen molar-refractivity contribution in [3.8, 4) is 0 Å². The number of halogens is 1. The van der Waals surface area contributed by atoms with Crippen molar-refractivity contribution in [1.82, 2.24) is 15.6 Å². The van der Waals surface area contributed by atoms with E-state index in [1.54, 1.807) is 11.3 Å². The van der Waals surface area contributed by atoms with Crippen LogP contribution in [0.4, 0.5) is 5.13 Å². The standard InChI is InChI=1S/C14H27N5S.HI/c1-5-7-8-9-16-13(15-6-2)17-10-12-11-20-14(18-12)19(3)4;/h11H,5-10H2,1-4H3,(H2,15,16,17);1H. The third kappa shape index (κ3) is 8.45. The Balaban J connectivity index is 0.00000400. The van der Waals surface area contributed by atoms with Crippen LogP contribution in [-0.2, 0) is 6.54 Å². The lowest BCUT2D eigenvalue weighted by molar-refractivity contribution is 0.683. The van der Waals surface area contributed by atoms with Crippen LogP contribution in [0.2, 0.25) is 0 Å². The summed E-state index contributed by atoms with van der Waals surface area (Å²) < 4.78 is 0. The van der Waals surface area contributed by atoms with E-state index in [1.165, 1.54) is 19.3 Å². The molecule has 0 saturated heterocycles. The molecule has 0 atom stereocenters. The van der Waals surface area contributed by atoms with Crippen LogP contribution in [0.25, 0.3) is 0 Å². The maximum Gasteiger partial charge on any atom is 0.191 e. The number of nitrogens with one attached hydrogen (secondary N) is 2. The van der Waals surface area contributed by atoms with Gasteiger partial charge in [0, 0.05) is 32.6 Å². The molecule has 0 unspecified atom stereocenters. The van der Waals surface area contributed by atoms with Crippen LogP contribution in [0.1, 0.15) is 38.8 Å². The van der Waals surface area contributed by atoms with Gasteiger partial charge in [0.15, 0.2) is 11.1 Å². The van der Waals surface area contributed by atoms with E-state index < -0.39 is 0 Å². The molecule has 122 valence electrons.